The van der Waals surface area contributed by atoms with Crippen molar-refractivity contribution in [3.63, 3.8) is 0 Å². The zero-order chi connectivity index (χ0) is 33.2. The van der Waals surface area contributed by atoms with Gasteiger partial charge in [0, 0.05) is 42.6 Å². The second-order valence-electron chi connectivity index (χ2n) is 11.1. The molecule has 3 N–H and O–H groups in total. The minimum atomic E-state index is -0.847. The van der Waals surface area contributed by atoms with Crippen molar-refractivity contribution in [1.82, 2.24) is 16.0 Å². The molecule has 0 radical (unpaired) electrons. The van der Waals surface area contributed by atoms with Crippen molar-refractivity contribution in [3.8, 4) is 11.5 Å². The van der Waals surface area contributed by atoms with Crippen LogP contribution in [0.2, 0.25) is 0 Å². The van der Waals surface area contributed by atoms with E-state index in [0.717, 1.165) is 17.5 Å². The van der Waals surface area contributed by atoms with Crippen LogP contribution in [-0.4, -0.2) is 89.1 Å². The number of aliphatic imine (C=N–C) groups is 1. The predicted octanol–water partition coefficient (Wildman–Crippen LogP) is 3.74. The average molecular weight is 683 g/mol. The Labute approximate surface area is 285 Å². The van der Waals surface area contributed by atoms with Gasteiger partial charge in [-0.3, -0.25) is 19.4 Å². The van der Waals surface area contributed by atoms with E-state index in [1.807, 2.05) is 19.1 Å². The topological polar surface area (TPSA) is 137 Å². The van der Waals surface area contributed by atoms with Gasteiger partial charge in [-0.05, 0) is 53.9 Å². The van der Waals surface area contributed by atoms with Gasteiger partial charge in [0.15, 0.2) is 17.3 Å². The number of amides is 2. The van der Waals surface area contributed by atoms with Gasteiger partial charge in [0.25, 0.3) is 11.8 Å². The number of hydrogen-bond acceptors (Lipinski definition) is 9. The maximum absolute atomic E-state index is 15.4. The lowest BCUT2D eigenvalue weighted by atomic mass is 10.00. The fourth-order valence-electron chi connectivity index (χ4n) is 5.36. The molecule has 0 spiro atoms. The molecule has 2 aliphatic rings. The minimum Gasteiger partial charge on any atom is -0.494 e. The largest absolute Gasteiger partial charge is 0.494 e. The van der Waals surface area contributed by atoms with Crippen LogP contribution in [0, 0.1) is 5.82 Å². The normalized spacial score (nSPS) is 16.1. The van der Waals surface area contributed by atoms with E-state index in [-0.39, 0.29) is 72.1 Å². The summed E-state index contributed by atoms with van der Waals surface area (Å²) in [6.07, 6.45) is 2.71. The molecule has 2 amide bonds. The van der Waals surface area contributed by atoms with Gasteiger partial charge in [0.1, 0.15) is 17.9 Å². The Morgan fingerprint density at radius 2 is 1.44 bits per heavy atom. The summed E-state index contributed by atoms with van der Waals surface area (Å²) in [6, 6.07) is 13.6. The van der Waals surface area contributed by atoms with Crippen molar-refractivity contribution < 1.29 is 37.7 Å². The highest BCUT2D eigenvalue weighted by atomic mass is 35.5. The van der Waals surface area contributed by atoms with E-state index in [9.17, 15) is 14.4 Å². The first kappa shape index (κ1) is 36.5. The molecule has 0 unspecified atom stereocenters. The summed E-state index contributed by atoms with van der Waals surface area (Å²) in [6.45, 7) is 5.38. The van der Waals surface area contributed by atoms with Crippen molar-refractivity contribution in [2.45, 2.75) is 32.0 Å². The van der Waals surface area contributed by atoms with Gasteiger partial charge < -0.3 is 34.9 Å². The molecule has 3 aromatic carbocycles. The maximum atomic E-state index is 15.4. The molecular formula is C35H40ClFN4O7. The molecule has 2 heterocycles. The first-order chi connectivity index (χ1) is 22.9. The number of carbonyl (C=O) groups excluding carboxylic acids is 3. The zero-order valence-electron chi connectivity index (χ0n) is 26.9. The molecule has 0 bridgehead atoms. The summed E-state index contributed by atoms with van der Waals surface area (Å²) in [5, 5.41) is 9.19. The van der Waals surface area contributed by atoms with E-state index in [1.165, 1.54) is 43.5 Å². The number of hydrogen-bond donors (Lipinski definition) is 3. The van der Waals surface area contributed by atoms with Crippen molar-refractivity contribution in [3.05, 3.63) is 93.8 Å². The van der Waals surface area contributed by atoms with Gasteiger partial charge >= 0.3 is 0 Å². The summed E-state index contributed by atoms with van der Waals surface area (Å²) >= 11 is 0. The number of methoxy groups -OCH3 is 1. The number of fused-ring (bicyclic) bond motifs is 1. The molecule has 0 aromatic heterocycles. The fourth-order valence-corrected chi connectivity index (χ4v) is 5.36. The summed E-state index contributed by atoms with van der Waals surface area (Å²) in [4.78, 5) is 43.8. The van der Waals surface area contributed by atoms with Gasteiger partial charge in [-0.1, -0.05) is 25.1 Å². The maximum Gasteiger partial charge on any atom is 0.251 e. The lowest BCUT2D eigenvalue weighted by Crippen LogP contribution is -2.51. The molecule has 5 rings (SSSR count). The van der Waals surface area contributed by atoms with Crippen molar-refractivity contribution in [2.24, 2.45) is 4.99 Å². The SMILES string of the molecule is CCCOCCOCCOc1ccc(OC)c(F)c1C(=O)c1ccc(C(=O)N[C@@H]2CNC[C@H]2NC(=O)c2ccc3c(c2)CN=C3)cc1.Cl. The second-order valence-corrected chi connectivity index (χ2v) is 11.1. The van der Waals surface area contributed by atoms with Gasteiger partial charge in [-0.25, -0.2) is 4.39 Å². The molecule has 48 heavy (non-hydrogen) atoms. The smallest absolute Gasteiger partial charge is 0.251 e. The molecule has 0 aliphatic carbocycles. The number of carbonyl (C=O) groups is 3. The van der Waals surface area contributed by atoms with Crippen LogP contribution in [0.4, 0.5) is 4.39 Å². The van der Waals surface area contributed by atoms with E-state index >= 15 is 4.39 Å². The quantitative estimate of drug-likeness (QED) is 0.154. The number of nitrogens with zero attached hydrogens (tertiary/aromatic N) is 1. The van der Waals surface area contributed by atoms with Crippen LogP contribution >= 0.6 is 12.4 Å². The highest BCUT2D eigenvalue weighted by molar-refractivity contribution is 6.11. The van der Waals surface area contributed by atoms with E-state index in [4.69, 9.17) is 18.9 Å². The number of rotatable bonds is 16. The van der Waals surface area contributed by atoms with Crippen LogP contribution in [0.25, 0.3) is 0 Å². The zero-order valence-corrected chi connectivity index (χ0v) is 27.7. The molecule has 2 atom stereocenters. The lowest BCUT2D eigenvalue weighted by molar-refractivity contribution is 0.0364. The van der Waals surface area contributed by atoms with E-state index in [1.54, 1.807) is 12.3 Å². The molecule has 2 aliphatic heterocycles. The van der Waals surface area contributed by atoms with Crippen LogP contribution in [0.5, 0.6) is 11.5 Å². The Kier molecular flexibility index (Phi) is 13.4. The third-order valence-electron chi connectivity index (χ3n) is 7.87. The van der Waals surface area contributed by atoms with Crippen LogP contribution in [0.1, 0.15) is 61.1 Å². The molecule has 11 nitrogen and oxygen atoms in total. The number of ketones is 1. The Bertz CT molecular complexity index is 1620. The highest BCUT2D eigenvalue weighted by Crippen LogP contribution is 2.31. The minimum absolute atomic E-state index is 0. The molecule has 13 heteroatoms. The van der Waals surface area contributed by atoms with Crippen molar-refractivity contribution in [2.75, 3.05) is 53.2 Å². The highest BCUT2D eigenvalue weighted by Gasteiger charge is 2.31. The van der Waals surface area contributed by atoms with Crippen LogP contribution < -0.4 is 25.4 Å². The molecule has 0 saturated carbocycles. The Morgan fingerprint density at radius 3 is 2.12 bits per heavy atom. The van der Waals surface area contributed by atoms with Gasteiger partial charge in [-0.15, -0.1) is 12.4 Å². The molecule has 1 fully saturated rings. The van der Waals surface area contributed by atoms with E-state index < -0.39 is 11.6 Å². The summed E-state index contributed by atoms with van der Waals surface area (Å²) in [5.74, 6) is -2.12. The number of ether oxygens (including phenoxy) is 4. The molecular weight excluding hydrogens is 643 g/mol. The van der Waals surface area contributed by atoms with Crippen molar-refractivity contribution in [1.29, 1.82) is 0 Å². The van der Waals surface area contributed by atoms with E-state index in [2.05, 4.69) is 20.9 Å². The second kappa shape index (κ2) is 17.7. The monoisotopic (exact) mass is 682 g/mol. The average Bonchev–Trinajstić information content (AvgIpc) is 3.74. The number of benzene rings is 3. The first-order valence-corrected chi connectivity index (χ1v) is 15.6. The fraction of sp³-hybridized carbons (Fsp3) is 0.371. The number of halogens is 2. The molecule has 3 aromatic rings. The van der Waals surface area contributed by atoms with Crippen LogP contribution in [-0.2, 0) is 16.0 Å². The standard InChI is InChI=1S/C35H39FN4O7.ClH/c1-3-12-45-13-14-46-15-16-47-29-10-11-30(44-2)32(36)31(29)33(41)22-4-6-23(7-5-22)34(42)39-27-20-38-21-28(27)40-35(43)24-8-9-25-18-37-19-26(25)17-24;/h4-11,17-18,27-28,38H,3,12-16,19-21H2,1-2H3,(H,39,42)(H,40,43);1H/t27-,28-;/m1./s1. The third-order valence-corrected chi connectivity index (χ3v) is 7.87. The summed E-state index contributed by atoms with van der Waals surface area (Å²) in [7, 11) is 1.31. The van der Waals surface area contributed by atoms with Gasteiger partial charge in [0.05, 0.1) is 45.6 Å². The Hall–Kier alpha value is -4.36. The Morgan fingerprint density at radius 1 is 0.833 bits per heavy atom. The molecule has 256 valence electrons. The predicted molar refractivity (Wildman–Crippen MR) is 181 cm³/mol. The third kappa shape index (κ3) is 8.95. The number of nitrogens with one attached hydrogen (secondary N) is 3. The first-order valence-electron chi connectivity index (χ1n) is 15.6. The Balaban J connectivity index is 0.00000520. The van der Waals surface area contributed by atoms with Gasteiger partial charge in [0.2, 0.25) is 0 Å². The van der Waals surface area contributed by atoms with Gasteiger partial charge in [-0.2, -0.15) is 0 Å². The lowest BCUT2D eigenvalue weighted by Gasteiger charge is -2.21. The van der Waals surface area contributed by atoms with Crippen LogP contribution in [0.3, 0.4) is 0 Å². The van der Waals surface area contributed by atoms with E-state index in [0.29, 0.717) is 50.6 Å². The summed E-state index contributed by atoms with van der Waals surface area (Å²) in [5.41, 5.74) is 2.73. The molecule has 1 saturated heterocycles. The summed E-state index contributed by atoms with van der Waals surface area (Å²) < 4.78 is 37.0. The van der Waals surface area contributed by atoms with Crippen molar-refractivity contribution >= 4 is 36.2 Å². The van der Waals surface area contributed by atoms with Crippen LogP contribution in [0.15, 0.2) is 59.6 Å².